The van der Waals surface area contributed by atoms with Crippen LogP contribution in [0.2, 0.25) is 0 Å². The molecule has 0 bridgehead atoms. The minimum absolute atomic E-state index is 0.133. The maximum absolute atomic E-state index is 13.0. The monoisotopic (exact) mass is 291 g/mol. The van der Waals surface area contributed by atoms with E-state index < -0.39 is 24.6 Å². The SMILES string of the molecule is NC(CCOCC(F)(F)F)c1cc2cc(F)ccc2o1. The zero-order valence-corrected chi connectivity index (χ0v) is 10.4. The van der Waals surface area contributed by atoms with E-state index in [2.05, 4.69) is 4.74 Å². The minimum Gasteiger partial charge on any atom is -0.459 e. The van der Waals surface area contributed by atoms with Gasteiger partial charge in [-0.1, -0.05) is 0 Å². The van der Waals surface area contributed by atoms with Crippen LogP contribution < -0.4 is 5.73 Å². The van der Waals surface area contributed by atoms with E-state index in [9.17, 15) is 17.6 Å². The second-order valence-corrected chi connectivity index (χ2v) is 4.39. The predicted octanol–water partition coefficient (Wildman–Crippen LogP) is 3.54. The van der Waals surface area contributed by atoms with Crippen molar-refractivity contribution in [2.75, 3.05) is 13.2 Å². The van der Waals surface area contributed by atoms with Gasteiger partial charge in [0.05, 0.1) is 6.04 Å². The van der Waals surface area contributed by atoms with Crippen LogP contribution in [0.25, 0.3) is 11.0 Å². The number of ether oxygens (including phenoxy) is 1. The maximum Gasteiger partial charge on any atom is 0.411 e. The van der Waals surface area contributed by atoms with Crippen LogP contribution in [-0.4, -0.2) is 19.4 Å². The number of alkyl halides is 3. The summed E-state index contributed by atoms with van der Waals surface area (Å²) in [5.41, 5.74) is 6.28. The predicted molar refractivity (Wildman–Crippen MR) is 64.6 cm³/mol. The first kappa shape index (κ1) is 14.8. The summed E-state index contributed by atoms with van der Waals surface area (Å²) >= 11 is 0. The van der Waals surface area contributed by atoms with Gasteiger partial charge in [-0.15, -0.1) is 0 Å². The average molecular weight is 291 g/mol. The molecule has 0 saturated carbocycles. The van der Waals surface area contributed by atoms with Crippen molar-refractivity contribution in [1.29, 1.82) is 0 Å². The molecular weight excluding hydrogens is 278 g/mol. The minimum atomic E-state index is -4.35. The fourth-order valence-electron chi connectivity index (χ4n) is 1.76. The Morgan fingerprint density at radius 2 is 2.00 bits per heavy atom. The van der Waals surface area contributed by atoms with Gasteiger partial charge in [0.25, 0.3) is 0 Å². The van der Waals surface area contributed by atoms with E-state index in [4.69, 9.17) is 10.2 Å². The number of nitrogens with two attached hydrogens (primary N) is 1. The molecule has 110 valence electrons. The maximum atomic E-state index is 13.0. The van der Waals surface area contributed by atoms with Gasteiger partial charge in [0.1, 0.15) is 23.8 Å². The van der Waals surface area contributed by atoms with Crippen LogP contribution in [0, 0.1) is 5.82 Å². The molecule has 20 heavy (non-hydrogen) atoms. The summed E-state index contributed by atoms with van der Waals surface area (Å²) in [5.74, 6) is -0.00635. The molecule has 2 aromatic rings. The molecule has 0 fully saturated rings. The summed E-state index contributed by atoms with van der Waals surface area (Å²) < 4.78 is 58.5. The van der Waals surface area contributed by atoms with Crippen molar-refractivity contribution in [1.82, 2.24) is 0 Å². The standard InChI is InChI=1S/C13H13F4NO2/c14-9-1-2-11-8(5-9)6-12(20-11)10(18)3-4-19-7-13(15,16)17/h1-2,5-6,10H,3-4,7,18H2. The Bertz CT molecular complexity index is 579. The van der Waals surface area contributed by atoms with Crippen molar-refractivity contribution in [3.63, 3.8) is 0 Å². The van der Waals surface area contributed by atoms with E-state index in [1.807, 2.05) is 0 Å². The van der Waals surface area contributed by atoms with Crippen molar-refractivity contribution < 1.29 is 26.7 Å². The lowest BCUT2D eigenvalue weighted by atomic mass is 10.1. The first-order valence-electron chi connectivity index (χ1n) is 5.94. The molecule has 0 aliphatic heterocycles. The summed E-state index contributed by atoms with van der Waals surface area (Å²) in [4.78, 5) is 0. The summed E-state index contributed by atoms with van der Waals surface area (Å²) in [5, 5.41) is 0.562. The van der Waals surface area contributed by atoms with E-state index in [1.165, 1.54) is 18.2 Å². The molecule has 1 heterocycles. The van der Waals surface area contributed by atoms with Crippen LogP contribution in [0.5, 0.6) is 0 Å². The van der Waals surface area contributed by atoms with Gasteiger partial charge in [0, 0.05) is 12.0 Å². The highest BCUT2D eigenvalue weighted by Crippen LogP contribution is 2.25. The Balaban J connectivity index is 1.92. The van der Waals surface area contributed by atoms with Crippen LogP contribution in [0.4, 0.5) is 17.6 Å². The molecule has 0 aliphatic carbocycles. The zero-order chi connectivity index (χ0) is 14.8. The summed E-state index contributed by atoms with van der Waals surface area (Å²) in [6, 6.07) is 5.01. The second kappa shape index (κ2) is 5.80. The molecule has 0 radical (unpaired) electrons. The van der Waals surface area contributed by atoms with Gasteiger partial charge < -0.3 is 14.9 Å². The number of hydrogen-bond donors (Lipinski definition) is 1. The third kappa shape index (κ3) is 3.94. The van der Waals surface area contributed by atoms with Crippen molar-refractivity contribution in [3.8, 4) is 0 Å². The smallest absolute Gasteiger partial charge is 0.411 e. The second-order valence-electron chi connectivity index (χ2n) is 4.39. The van der Waals surface area contributed by atoms with Crippen molar-refractivity contribution >= 4 is 11.0 Å². The molecule has 1 atom stereocenters. The van der Waals surface area contributed by atoms with Crippen LogP contribution in [0.1, 0.15) is 18.2 Å². The molecule has 0 saturated heterocycles. The molecule has 1 aromatic carbocycles. The number of furan rings is 1. The van der Waals surface area contributed by atoms with E-state index in [1.54, 1.807) is 6.07 Å². The number of hydrogen-bond acceptors (Lipinski definition) is 3. The molecule has 2 rings (SSSR count). The van der Waals surface area contributed by atoms with Gasteiger partial charge in [-0.05, 0) is 30.7 Å². The number of rotatable bonds is 5. The quantitative estimate of drug-likeness (QED) is 0.677. The third-order valence-corrected chi connectivity index (χ3v) is 2.70. The van der Waals surface area contributed by atoms with Crippen molar-refractivity contribution in [3.05, 3.63) is 35.8 Å². The van der Waals surface area contributed by atoms with Crippen LogP contribution in [0.3, 0.4) is 0 Å². The molecule has 0 amide bonds. The molecule has 0 spiro atoms. The Hall–Kier alpha value is -1.60. The lowest BCUT2D eigenvalue weighted by Gasteiger charge is -2.10. The van der Waals surface area contributed by atoms with E-state index in [0.29, 0.717) is 16.7 Å². The highest BCUT2D eigenvalue weighted by atomic mass is 19.4. The van der Waals surface area contributed by atoms with Gasteiger partial charge in [-0.2, -0.15) is 13.2 Å². The molecule has 0 aliphatic rings. The number of fused-ring (bicyclic) bond motifs is 1. The van der Waals surface area contributed by atoms with Gasteiger partial charge in [0.15, 0.2) is 0 Å². The Morgan fingerprint density at radius 1 is 1.25 bits per heavy atom. The summed E-state index contributed by atoms with van der Waals surface area (Å²) in [7, 11) is 0. The Labute approximate surface area is 112 Å². The van der Waals surface area contributed by atoms with Crippen LogP contribution >= 0.6 is 0 Å². The van der Waals surface area contributed by atoms with Crippen LogP contribution in [-0.2, 0) is 4.74 Å². The summed E-state index contributed by atoms with van der Waals surface area (Å²) in [6.45, 7) is -1.43. The fraction of sp³-hybridized carbons (Fsp3) is 0.385. The van der Waals surface area contributed by atoms with Gasteiger partial charge >= 0.3 is 6.18 Å². The van der Waals surface area contributed by atoms with Crippen LogP contribution in [0.15, 0.2) is 28.7 Å². The highest BCUT2D eigenvalue weighted by Gasteiger charge is 2.27. The third-order valence-electron chi connectivity index (χ3n) is 2.70. The summed E-state index contributed by atoms with van der Waals surface area (Å²) in [6.07, 6.45) is -4.17. The number of halogens is 4. The first-order chi connectivity index (χ1) is 9.35. The zero-order valence-electron chi connectivity index (χ0n) is 10.4. The average Bonchev–Trinajstić information content (AvgIpc) is 2.76. The normalized spacial score (nSPS) is 13.8. The van der Waals surface area contributed by atoms with E-state index >= 15 is 0 Å². The van der Waals surface area contributed by atoms with E-state index in [-0.39, 0.29) is 13.0 Å². The van der Waals surface area contributed by atoms with E-state index in [0.717, 1.165) is 0 Å². The molecule has 1 unspecified atom stereocenters. The van der Waals surface area contributed by atoms with Gasteiger partial charge in [-0.3, -0.25) is 0 Å². The fourth-order valence-corrected chi connectivity index (χ4v) is 1.76. The molecule has 2 N–H and O–H groups in total. The topological polar surface area (TPSA) is 48.4 Å². The Morgan fingerprint density at radius 3 is 2.70 bits per heavy atom. The number of benzene rings is 1. The lowest BCUT2D eigenvalue weighted by molar-refractivity contribution is -0.174. The van der Waals surface area contributed by atoms with Gasteiger partial charge in [0.2, 0.25) is 0 Å². The highest BCUT2D eigenvalue weighted by molar-refractivity contribution is 5.77. The van der Waals surface area contributed by atoms with Crippen molar-refractivity contribution in [2.45, 2.75) is 18.6 Å². The van der Waals surface area contributed by atoms with Gasteiger partial charge in [-0.25, -0.2) is 4.39 Å². The molecule has 3 nitrogen and oxygen atoms in total. The molecule has 1 aromatic heterocycles. The Kier molecular flexibility index (Phi) is 4.29. The first-order valence-corrected chi connectivity index (χ1v) is 5.94. The lowest BCUT2D eigenvalue weighted by Crippen LogP contribution is -2.19. The molecular formula is C13H13F4NO2. The molecule has 7 heteroatoms. The largest absolute Gasteiger partial charge is 0.459 e. The van der Waals surface area contributed by atoms with Crippen molar-refractivity contribution in [2.24, 2.45) is 5.73 Å².